The summed E-state index contributed by atoms with van der Waals surface area (Å²) in [5.74, 6) is 0. The zero-order valence-electron chi connectivity index (χ0n) is 21.5. The van der Waals surface area contributed by atoms with Crippen LogP contribution in [0.5, 0.6) is 0 Å². The fourth-order valence-corrected chi connectivity index (χ4v) is 7.14. The van der Waals surface area contributed by atoms with Gasteiger partial charge in [0.1, 0.15) is 6.04 Å². The fourth-order valence-electron chi connectivity index (χ4n) is 5.07. The van der Waals surface area contributed by atoms with E-state index >= 15 is 0 Å². The number of anilines is 1. The molecule has 222 valence electrons. The first-order valence-corrected chi connectivity index (χ1v) is 14.5. The first-order valence-electron chi connectivity index (χ1n) is 12.6. The molecule has 1 aromatic carbocycles. The van der Waals surface area contributed by atoms with E-state index in [0.29, 0.717) is 25.6 Å². The minimum absolute atomic E-state index is 0.00948. The van der Waals surface area contributed by atoms with E-state index in [2.05, 4.69) is 5.32 Å². The second-order valence-corrected chi connectivity index (χ2v) is 12.6. The van der Waals surface area contributed by atoms with E-state index < -0.39 is 40.1 Å². The largest absolute Gasteiger partial charge is 0.421 e. The van der Waals surface area contributed by atoms with Gasteiger partial charge in [-0.25, -0.2) is 8.42 Å². The average Bonchev–Trinajstić information content (AvgIpc) is 2.88. The lowest BCUT2D eigenvalue weighted by Crippen LogP contribution is -2.62. The summed E-state index contributed by atoms with van der Waals surface area (Å²) < 4.78 is 108. The van der Waals surface area contributed by atoms with Crippen molar-refractivity contribution in [3.63, 3.8) is 0 Å². The molecule has 7 nitrogen and oxygen atoms in total. The SMILES string of the molecule is CC(O)(c1ccc(N2CCN(S(=O)(=O)C3=CC=CCC3=S)C[C@@H]2CN2CCN[C@H](C(F)(F)F)C2)cc1)C(F)(F)F. The molecule has 2 saturated heterocycles. The van der Waals surface area contributed by atoms with Crippen molar-refractivity contribution in [2.24, 2.45) is 0 Å². The summed E-state index contributed by atoms with van der Waals surface area (Å²) in [7, 11) is -3.98. The van der Waals surface area contributed by atoms with Gasteiger partial charge in [-0.2, -0.15) is 30.6 Å². The number of piperazine rings is 2. The first kappa shape index (κ1) is 30.9. The number of rotatable bonds is 6. The highest BCUT2D eigenvalue weighted by Crippen LogP contribution is 2.39. The highest BCUT2D eigenvalue weighted by atomic mass is 32.2. The predicted molar refractivity (Wildman–Crippen MR) is 142 cm³/mol. The Hall–Kier alpha value is -2.04. The fraction of sp³-hybridized carbons (Fsp3) is 0.560. The molecule has 2 fully saturated rings. The van der Waals surface area contributed by atoms with E-state index in [1.54, 1.807) is 22.0 Å². The maximum atomic E-state index is 13.5. The van der Waals surface area contributed by atoms with Crippen molar-refractivity contribution in [3.8, 4) is 0 Å². The van der Waals surface area contributed by atoms with Gasteiger partial charge in [-0.3, -0.25) is 4.90 Å². The van der Waals surface area contributed by atoms with Crippen LogP contribution in [-0.4, -0.2) is 97.8 Å². The molecule has 3 atom stereocenters. The summed E-state index contributed by atoms with van der Waals surface area (Å²) in [6, 6.07) is 2.73. The highest BCUT2D eigenvalue weighted by Gasteiger charge is 2.51. The monoisotopic (exact) mass is 612 g/mol. The first-order chi connectivity index (χ1) is 18.5. The van der Waals surface area contributed by atoms with E-state index in [1.165, 1.54) is 22.5 Å². The van der Waals surface area contributed by atoms with Crippen molar-refractivity contribution in [2.75, 3.05) is 50.7 Å². The summed E-state index contributed by atoms with van der Waals surface area (Å²) in [5, 5.41) is 12.5. The smallest absolute Gasteiger partial charge is 0.376 e. The Morgan fingerprint density at radius 1 is 1.05 bits per heavy atom. The third-order valence-corrected chi connectivity index (χ3v) is 9.93. The van der Waals surface area contributed by atoms with Crippen molar-refractivity contribution in [1.82, 2.24) is 14.5 Å². The molecule has 1 aromatic rings. The second kappa shape index (κ2) is 11.3. The molecule has 0 amide bonds. The van der Waals surface area contributed by atoms with Crippen LogP contribution in [0.15, 0.2) is 47.4 Å². The molecule has 2 heterocycles. The molecule has 1 aliphatic carbocycles. The summed E-state index contributed by atoms with van der Waals surface area (Å²) >= 11 is 5.26. The maximum absolute atomic E-state index is 13.5. The van der Waals surface area contributed by atoms with Crippen molar-refractivity contribution >= 4 is 32.8 Å². The third kappa shape index (κ3) is 6.39. The lowest BCUT2D eigenvalue weighted by atomic mass is 9.95. The lowest BCUT2D eigenvalue weighted by Gasteiger charge is -2.45. The van der Waals surface area contributed by atoms with Crippen LogP contribution < -0.4 is 10.2 Å². The Kier molecular flexibility index (Phi) is 8.75. The number of hydrogen-bond acceptors (Lipinski definition) is 7. The van der Waals surface area contributed by atoms with Gasteiger partial charge in [-0.05, 0) is 30.7 Å². The van der Waals surface area contributed by atoms with Gasteiger partial charge in [0.25, 0.3) is 0 Å². The quantitative estimate of drug-likeness (QED) is 0.377. The lowest BCUT2D eigenvalue weighted by molar-refractivity contribution is -0.258. The minimum Gasteiger partial charge on any atom is -0.376 e. The number of halogens is 6. The molecule has 0 radical (unpaired) electrons. The summed E-state index contributed by atoms with van der Waals surface area (Å²) in [6.07, 6.45) is -4.29. The van der Waals surface area contributed by atoms with Crippen molar-refractivity contribution in [3.05, 3.63) is 53.0 Å². The minimum atomic E-state index is -4.90. The highest BCUT2D eigenvalue weighted by molar-refractivity contribution is 7.96. The van der Waals surface area contributed by atoms with E-state index in [1.807, 2.05) is 0 Å². The van der Waals surface area contributed by atoms with Crippen LogP contribution in [0.4, 0.5) is 32.0 Å². The Morgan fingerprint density at radius 2 is 1.73 bits per heavy atom. The van der Waals surface area contributed by atoms with Gasteiger partial charge >= 0.3 is 12.4 Å². The Labute approximate surface area is 234 Å². The van der Waals surface area contributed by atoms with E-state index in [-0.39, 0.29) is 54.6 Å². The number of alkyl halides is 6. The number of allylic oxidation sites excluding steroid dienone is 4. The van der Waals surface area contributed by atoms with Gasteiger partial charge in [0.05, 0.1) is 10.9 Å². The number of aliphatic hydroxyl groups is 1. The molecule has 2 N–H and O–H groups in total. The predicted octanol–water partition coefficient (Wildman–Crippen LogP) is 3.33. The zero-order chi connectivity index (χ0) is 29.5. The summed E-state index contributed by atoms with van der Waals surface area (Å²) in [4.78, 5) is 3.67. The molecular formula is C25H30F6N4O3S2. The zero-order valence-corrected chi connectivity index (χ0v) is 23.2. The summed E-state index contributed by atoms with van der Waals surface area (Å²) in [6.45, 7) is 0.926. The van der Waals surface area contributed by atoms with Crippen LogP contribution in [0.3, 0.4) is 0 Å². The molecule has 0 spiro atoms. The standard InChI is InChI=1S/C25H30F6N4O3S2/c1-23(36,25(29,30)31)17-6-8-18(9-7-17)35-13-12-34(40(37,38)21-5-3-2-4-20(21)39)15-19(35)14-33-11-10-32-22(16-33)24(26,27)28/h2-3,5-9,19,22,32,36H,4,10-16H2,1H3/t19-,22-,23?/m0/s1. The average molecular weight is 613 g/mol. The van der Waals surface area contributed by atoms with Crippen LogP contribution in [-0.2, 0) is 15.6 Å². The molecule has 0 saturated carbocycles. The Balaban J connectivity index is 1.61. The number of nitrogens with one attached hydrogen (secondary N) is 1. The van der Waals surface area contributed by atoms with Gasteiger partial charge in [-0.1, -0.05) is 36.5 Å². The van der Waals surface area contributed by atoms with Crippen LogP contribution in [0, 0.1) is 0 Å². The number of hydrogen-bond donors (Lipinski definition) is 2. The van der Waals surface area contributed by atoms with Gasteiger partial charge in [-0.15, -0.1) is 0 Å². The Bertz CT molecular complexity index is 1260. The molecule has 4 rings (SSSR count). The van der Waals surface area contributed by atoms with E-state index in [0.717, 1.165) is 12.1 Å². The number of benzene rings is 1. The van der Waals surface area contributed by atoms with Gasteiger partial charge in [0, 0.05) is 62.8 Å². The van der Waals surface area contributed by atoms with Crippen molar-refractivity contribution < 1.29 is 39.9 Å². The van der Waals surface area contributed by atoms with Gasteiger partial charge in [0.2, 0.25) is 10.0 Å². The molecule has 40 heavy (non-hydrogen) atoms. The summed E-state index contributed by atoms with van der Waals surface area (Å²) in [5.41, 5.74) is -2.99. The molecule has 0 bridgehead atoms. The topological polar surface area (TPSA) is 76.1 Å². The normalized spacial score (nSPS) is 25.6. The maximum Gasteiger partial charge on any atom is 0.421 e. The molecule has 3 aliphatic rings. The number of sulfonamides is 1. The van der Waals surface area contributed by atoms with Crippen LogP contribution in [0.1, 0.15) is 18.9 Å². The van der Waals surface area contributed by atoms with Gasteiger partial charge in [0.15, 0.2) is 5.60 Å². The molecule has 2 aliphatic heterocycles. The van der Waals surface area contributed by atoms with Crippen LogP contribution >= 0.6 is 12.2 Å². The molecule has 0 aromatic heterocycles. The third-order valence-electron chi connectivity index (χ3n) is 7.46. The van der Waals surface area contributed by atoms with Gasteiger partial charge < -0.3 is 15.3 Å². The number of nitrogens with zero attached hydrogens (tertiary/aromatic N) is 3. The Morgan fingerprint density at radius 3 is 2.33 bits per heavy atom. The number of thiocarbonyl (C=S) groups is 1. The van der Waals surface area contributed by atoms with Crippen LogP contribution in [0.25, 0.3) is 0 Å². The van der Waals surface area contributed by atoms with Crippen molar-refractivity contribution in [1.29, 1.82) is 0 Å². The van der Waals surface area contributed by atoms with Crippen molar-refractivity contribution in [2.45, 2.75) is 43.4 Å². The second-order valence-electron chi connectivity index (χ2n) is 10.2. The van der Waals surface area contributed by atoms with E-state index in [4.69, 9.17) is 12.2 Å². The molecule has 1 unspecified atom stereocenters. The van der Waals surface area contributed by atoms with E-state index in [9.17, 15) is 39.9 Å². The molecule has 15 heteroatoms. The van der Waals surface area contributed by atoms with Crippen LogP contribution in [0.2, 0.25) is 0 Å². The molecular weight excluding hydrogens is 582 g/mol.